The summed E-state index contributed by atoms with van der Waals surface area (Å²) in [7, 11) is 0. The van der Waals surface area contributed by atoms with Crippen LogP contribution < -0.4 is 0 Å². The van der Waals surface area contributed by atoms with E-state index in [1.54, 1.807) is 0 Å². The molecule has 0 atom stereocenters. The first-order chi connectivity index (χ1) is 1.91. The van der Waals surface area contributed by atoms with E-state index in [1.807, 2.05) is 0 Å². The fourth-order valence-corrected chi connectivity index (χ4v) is 0. The maximum atomic E-state index is 8.93. The van der Waals surface area contributed by atoms with Gasteiger partial charge in [0.25, 0.3) is 0 Å². The topological polar surface area (TPSA) is 17.1 Å². The summed E-state index contributed by atoms with van der Waals surface area (Å²) in [6, 6.07) is 0. The molecule has 4 radical (unpaired) electrons. The first-order valence-electron chi connectivity index (χ1n) is 0.901. The maximum Gasteiger partial charge on any atom is 0 e. The van der Waals surface area contributed by atoms with Crippen molar-refractivity contribution in [1.29, 1.82) is 0 Å². The second-order valence-electron chi connectivity index (χ2n) is 0.322. The van der Waals surface area contributed by atoms with Crippen LogP contribution in [0.25, 0.3) is 0 Å². The molecule has 0 unspecified atom stereocenters. The number of hydrogen-bond acceptors (Lipinski definition) is 1. The summed E-state index contributed by atoms with van der Waals surface area (Å²) in [5.41, 5.74) is 0. The van der Waals surface area contributed by atoms with Crippen molar-refractivity contribution < 1.29 is 55.1 Å². The maximum absolute atomic E-state index is 8.93. The zero-order chi connectivity index (χ0) is 3.41. The molecular weight excluding hydrogens is 250 g/mol. The average Bonchev–Trinajstić information content (AvgIpc) is 1.37. The zero-order valence-electron chi connectivity index (χ0n) is 3.73. The number of rotatable bonds is 1. The van der Waals surface area contributed by atoms with E-state index >= 15 is 0 Å². The molecule has 8 heavy (non-hydrogen) atoms. The molecule has 0 saturated carbocycles. The summed E-state index contributed by atoms with van der Waals surface area (Å²) >= 11 is 0. The van der Waals surface area contributed by atoms with Gasteiger partial charge in [-0.05, 0) is 6.29 Å². The molecular formula is C3H3CrNi2OSi-. The van der Waals surface area contributed by atoms with E-state index in [1.165, 1.54) is 6.29 Å². The molecule has 1 nitrogen and oxygen atoms in total. The van der Waals surface area contributed by atoms with Gasteiger partial charge in [0.15, 0.2) is 0 Å². The van der Waals surface area contributed by atoms with Crippen LogP contribution in [0.5, 0.6) is 0 Å². The van der Waals surface area contributed by atoms with Crippen LogP contribution >= 0.6 is 0 Å². The first kappa shape index (κ1) is 35.3. The van der Waals surface area contributed by atoms with Crippen molar-refractivity contribution in [3.05, 3.63) is 12.7 Å². The molecule has 0 aliphatic heterocycles. The van der Waals surface area contributed by atoms with Gasteiger partial charge in [-0.1, -0.05) is 0 Å². The van der Waals surface area contributed by atoms with E-state index in [-0.39, 0.29) is 61.3 Å². The van der Waals surface area contributed by atoms with Gasteiger partial charge in [0.2, 0.25) is 0 Å². The van der Waals surface area contributed by atoms with Crippen molar-refractivity contribution in [1.82, 2.24) is 0 Å². The second kappa shape index (κ2) is 42.0. The van der Waals surface area contributed by atoms with Crippen molar-refractivity contribution in [2.24, 2.45) is 0 Å². The number of hydrogen-bond donors (Lipinski definition) is 0. The quantitative estimate of drug-likeness (QED) is 0.362. The van der Waals surface area contributed by atoms with Crippen LogP contribution in [-0.4, -0.2) is 17.3 Å². The monoisotopic (exact) mass is 251 g/mol. The van der Waals surface area contributed by atoms with Gasteiger partial charge >= 0.3 is 0 Å². The van der Waals surface area contributed by atoms with Crippen LogP contribution in [-0.2, 0) is 55.1 Å². The van der Waals surface area contributed by atoms with Crippen molar-refractivity contribution in [2.75, 3.05) is 0 Å². The number of allylic oxidation sites excluding steroid dienone is 1. The van der Waals surface area contributed by atoms with Crippen molar-refractivity contribution in [3.63, 3.8) is 0 Å². The van der Waals surface area contributed by atoms with Gasteiger partial charge in [-0.2, -0.15) is 0 Å². The molecule has 0 saturated heterocycles. The van der Waals surface area contributed by atoms with Crippen LogP contribution in [0.4, 0.5) is 0 Å². The largest absolute Gasteiger partial charge is 0.419 e. The number of carbonyl (C=O) groups excluding carboxylic acids is 1. The molecule has 0 aromatic rings. The van der Waals surface area contributed by atoms with Crippen LogP contribution in [0.3, 0.4) is 0 Å². The summed E-state index contributed by atoms with van der Waals surface area (Å²) in [4.78, 5) is 8.93. The van der Waals surface area contributed by atoms with Crippen LogP contribution in [0.1, 0.15) is 0 Å². The minimum absolute atomic E-state index is 0. The van der Waals surface area contributed by atoms with Gasteiger partial charge in [0.05, 0.1) is 0 Å². The van der Waals surface area contributed by atoms with E-state index in [4.69, 9.17) is 4.79 Å². The summed E-state index contributed by atoms with van der Waals surface area (Å²) in [6.45, 7) is 3.06. The average molecular weight is 253 g/mol. The minimum atomic E-state index is 0. The molecule has 0 aromatic heterocycles. The Morgan fingerprint density at radius 1 is 1.38 bits per heavy atom. The molecule has 0 N–H and O–H groups in total. The van der Waals surface area contributed by atoms with E-state index in [9.17, 15) is 0 Å². The summed E-state index contributed by atoms with van der Waals surface area (Å²) in [5, 5.41) is 0. The second-order valence-corrected chi connectivity index (χ2v) is 0.322. The Hall–Kier alpha value is 1.15. The fraction of sp³-hybridized carbons (Fsp3) is 0. The van der Waals surface area contributed by atoms with E-state index in [0.29, 0.717) is 0 Å². The minimum Gasteiger partial charge on any atom is -0.419 e. The molecule has 0 rings (SSSR count). The molecule has 0 spiro atoms. The Balaban J connectivity index is -0.00000000750. The van der Waals surface area contributed by atoms with Gasteiger partial charge in [0.1, 0.15) is 0 Å². The molecule has 0 heterocycles. The Morgan fingerprint density at radius 2 is 1.50 bits per heavy atom. The molecule has 0 aliphatic carbocycles. The standard InChI is InChI=1S/C3H3O.Cr.2Ni.Si/c1-2-3-4;;;;/h2H,1H2;;;;/q-1;;;;. The van der Waals surface area contributed by atoms with Gasteiger partial charge in [-0.15, -0.1) is 0 Å². The molecule has 5 heteroatoms. The van der Waals surface area contributed by atoms with Crippen LogP contribution in [0.2, 0.25) is 0 Å². The van der Waals surface area contributed by atoms with Crippen molar-refractivity contribution in [2.45, 2.75) is 0 Å². The van der Waals surface area contributed by atoms with Crippen molar-refractivity contribution >= 4 is 17.3 Å². The van der Waals surface area contributed by atoms with Gasteiger partial charge < -0.3 is 4.79 Å². The third kappa shape index (κ3) is 58.6. The summed E-state index contributed by atoms with van der Waals surface area (Å²) < 4.78 is 0. The predicted molar refractivity (Wildman–Crippen MR) is 21.6 cm³/mol. The summed E-state index contributed by atoms with van der Waals surface area (Å²) in [5.74, 6) is 0. The summed E-state index contributed by atoms with van der Waals surface area (Å²) in [6.07, 6.45) is 2.51. The van der Waals surface area contributed by atoms with Gasteiger partial charge in [-0.25, -0.2) is 12.7 Å². The third-order valence-electron chi connectivity index (χ3n) is 0.0833. The molecule has 0 amide bonds. The Kier molecular flexibility index (Phi) is 185. The fourth-order valence-electron chi connectivity index (χ4n) is 0. The Labute approximate surface area is 84.7 Å². The van der Waals surface area contributed by atoms with Crippen LogP contribution in [0.15, 0.2) is 12.7 Å². The SMILES string of the molecule is C=C[C-]=O.[Cr].[Ni].[Ni].[Si]. The first-order valence-corrected chi connectivity index (χ1v) is 0.901. The van der Waals surface area contributed by atoms with Gasteiger partial charge in [-0.3, -0.25) is 0 Å². The van der Waals surface area contributed by atoms with E-state index < -0.39 is 0 Å². The smallest absolute Gasteiger partial charge is 0 e. The molecule has 0 bridgehead atoms. The predicted octanol–water partition coefficient (Wildman–Crippen LogP) is -0.106. The van der Waals surface area contributed by atoms with Crippen LogP contribution in [0, 0.1) is 0 Å². The normalized spacial score (nSPS) is 2.50. The third-order valence-corrected chi connectivity index (χ3v) is 0.0833. The van der Waals surface area contributed by atoms with Gasteiger partial charge in [0, 0.05) is 61.3 Å². The molecule has 0 aromatic carbocycles. The molecule has 0 aliphatic rings. The molecule has 0 fully saturated rings. The van der Waals surface area contributed by atoms with Crippen molar-refractivity contribution in [3.8, 4) is 0 Å². The molecule has 52 valence electrons. The van der Waals surface area contributed by atoms with E-state index in [2.05, 4.69) is 6.58 Å². The zero-order valence-corrected chi connectivity index (χ0v) is 7.98. The Morgan fingerprint density at radius 3 is 1.50 bits per heavy atom. The van der Waals surface area contributed by atoms with E-state index in [0.717, 1.165) is 6.08 Å². The Bertz CT molecular complexity index is 38.3.